The summed E-state index contributed by atoms with van der Waals surface area (Å²) in [5, 5.41) is 1.41. The van der Waals surface area contributed by atoms with E-state index in [-0.39, 0.29) is 19.6 Å². The van der Waals surface area contributed by atoms with Gasteiger partial charge in [0.15, 0.2) is 5.54 Å². The van der Waals surface area contributed by atoms with Gasteiger partial charge in [0.25, 0.3) is 0 Å². The molecule has 3 aromatic carbocycles. The molecule has 3 atom stereocenters. The van der Waals surface area contributed by atoms with Crippen LogP contribution in [0.2, 0.25) is 0 Å². The summed E-state index contributed by atoms with van der Waals surface area (Å²) in [5.74, 6) is -0.583. The van der Waals surface area contributed by atoms with E-state index in [1.165, 1.54) is 5.06 Å². The fourth-order valence-corrected chi connectivity index (χ4v) is 4.62. The summed E-state index contributed by atoms with van der Waals surface area (Å²) in [6.07, 6.45) is 0.00892. The third-order valence-corrected chi connectivity index (χ3v) is 6.34. The number of ether oxygens (including phenoxy) is 3. The Labute approximate surface area is 229 Å². The lowest BCUT2D eigenvalue weighted by molar-refractivity contribution is -0.283. The molecule has 0 saturated carbocycles. The lowest BCUT2D eigenvalue weighted by Crippen LogP contribution is -2.64. The lowest BCUT2D eigenvalue weighted by Gasteiger charge is -2.49. The Kier molecular flexibility index (Phi) is 8.84. The van der Waals surface area contributed by atoms with E-state index in [2.05, 4.69) is 6.58 Å². The Bertz CT molecular complexity index is 1240. The third-order valence-electron chi connectivity index (χ3n) is 6.34. The molecule has 1 heterocycles. The van der Waals surface area contributed by atoms with Crippen LogP contribution in [0.1, 0.15) is 56.0 Å². The van der Waals surface area contributed by atoms with E-state index in [0.29, 0.717) is 0 Å². The van der Waals surface area contributed by atoms with Crippen LogP contribution in [0, 0.1) is 0 Å². The quantitative estimate of drug-likeness (QED) is 0.225. The van der Waals surface area contributed by atoms with Crippen molar-refractivity contribution in [3.63, 3.8) is 0 Å². The zero-order valence-corrected chi connectivity index (χ0v) is 22.6. The average molecular weight is 530 g/mol. The van der Waals surface area contributed by atoms with Crippen molar-refractivity contribution in [2.75, 3.05) is 6.61 Å². The van der Waals surface area contributed by atoms with Crippen molar-refractivity contribution in [3.8, 4) is 0 Å². The highest BCUT2D eigenvalue weighted by molar-refractivity contribution is 5.83. The number of hydrogen-bond donors (Lipinski definition) is 0. The number of hydrogen-bond acceptors (Lipinski definition) is 7. The lowest BCUT2D eigenvalue weighted by atomic mass is 9.85. The monoisotopic (exact) mass is 529 g/mol. The molecule has 204 valence electrons. The molecule has 0 unspecified atom stereocenters. The molecular weight excluding hydrogens is 494 g/mol. The van der Waals surface area contributed by atoms with Crippen molar-refractivity contribution in [2.45, 2.75) is 57.1 Å². The van der Waals surface area contributed by atoms with Crippen molar-refractivity contribution in [2.24, 2.45) is 0 Å². The topological polar surface area (TPSA) is 74.3 Å². The van der Waals surface area contributed by atoms with E-state index in [1.807, 2.05) is 91.0 Å². The maximum absolute atomic E-state index is 14.0. The van der Waals surface area contributed by atoms with Gasteiger partial charge in [-0.25, -0.2) is 9.59 Å². The van der Waals surface area contributed by atoms with Gasteiger partial charge in [-0.15, -0.1) is 11.6 Å². The molecule has 1 aliphatic heterocycles. The first-order valence-corrected chi connectivity index (χ1v) is 13.0. The van der Waals surface area contributed by atoms with Gasteiger partial charge < -0.3 is 19.0 Å². The largest absolute Gasteiger partial charge is 0.528 e. The molecule has 7 nitrogen and oxygen atoms in total. The summed E-state index contributed by atoms with van der Waals surface area (Å²) in [6, 6.07) is 27.8. The molecule has 1 saturated heterocycles. The van der Waals surface area contributed by atoms with Crippen molar-refractivity contribution in [1.82, 2.24) is 5.06 Å². The fourth-order valence-electron chi connectivity index (χ4n) is 4.62. The molecule has 0 aliphatic carbocycles. The van der Waals surface area contributed by atoms with Gasteiger partial charge in [-0.3, -0.25) is 0 Å². The minimum absolute atomic E-state index is 0.105. The molecule has 0 N–H and O–H groups in total. The average Bonchev–Trinajstić information content (AvgIpc) is 2.91. The zero-order valence-electron chi connectivity index (χ0n) is 22.6. The number of cyclic esters (lactones) is 1. The van der Waals surface area contributed by atoms with Gasteiger partial charge in [0, 0.05) is 0 Å². The van der Waals surface area contributed by atoms with Crippen LogP contribution in [0.15, 0.2) is 104 Å². The minimum atomic E-state index is -1.51. The van der Waals surface area contributed by atoms with E-state index < -0.39 is 35.4 Å². The van der Waals surface area contributed by atoms with E-state index in [9.17, 15) is 9.59 Å². The summed E-state index contributed by atoms with van der Waals surface area (Å²) in [4.78, 5) is 33.1. The molecule has 1 aliphatic rings. The second kappa shape index (κ2) is 12.3. The first-order valence-electron chi connectivity index (χ1n) is 13.0. The number of benzene rings is 3. The van der Waals surface area contributed by atoms with Crippen LogP contribution in [0.25, 0.3) is 0 Å². The third kappa shape index (κ3) is 6.74. The predicted octanol–water partition coefficient (Wildman–Crippen LogP) is 6.73. The second-order valence-corrected chi connectivity index (χ2v) is 10.5. The Balaban J connectivity index is 1.80. The molecule has 0 amide bonds. The zero-order chi connectivity index (χ0) is 27.9. The summed E-state index contributed by atoms with van der Waals surface area (Å²) < 4.78 is 17.8. The van der Waals surface area contributed by atoms with Crippen LogP contribution in [-0.2, 0) is 30.4 Å². The van der Waals surface area contributed by atoms with Gasteiger partial charge in [-0.2, -0.15) is 0 Å². The van der Waals surface area contributed by atoms with Crippen LogP contribution < -0.4 is 0 Å². The Morgan fingerprint density at radius 3 is 2.08 bits per heavy atom. The maximum Gasteiger partial charge on any atom is 0.528 e. The highest BCUT2D eigenvalue weighted by Crippen LogP contribution is 2.47. The number of hydroxylamine groups is 2. The Morgan fingerprint density at radius 1 is 0.949 bits per heavy atom. The first-order chi connectivity index (χ1) is 18.7. The Morgan fingerprint density at radius 2 is 1.51 bits per heavy atom. The number of rotatable bonds is 9. The van der Waals surface area contributed by atoms with Gasteiger partial charge in [0.2, 0.25) is 0 Å². The van der Waals surface area contributed by atoms with Crippen LogP contribution in [0.5, 0.6) is 0 Å². The van der Waals surface area contributed by atoms with Crippen molar-refractivity contribution < 1.29 is 28.6 Å². The van der Waals surface area contributed by atoms with E-state index >= 15 is 0 Å². The number of carbonyl (C=O) groups excluding carboxylic acids is 2. The molecule has 0 spiro atoms. The molecule has 7 heteroatoms. The number of carbonyl (C=O) groups is 2. The molecule has 1 fully saturated rings. The van der Waals surface area contributed by atoms with E-state index in [4.69, 9.17) is 19.0 Å². The number of nitrogens with zero attached hydrogens (tertiary/aromatic N) is 1. The van der Waals surface area contributed by atoms with E-state index in [0.717, 1.165) is 16.7 Å². The van der Waals surface area contributed by atoms with Crippen LogP contribution in [-0.4, -0.2) is 34.9 Å². The molecule has 39 heavy (non-hydrogen) atoms. The normalized spacial score (nSPS) is 21.6. The van der Waals surface area contributed by atoms with Gasteiger partial charge in [0.05, 0.1) is 13.2 Å². The molecule has 3 aromatic rings. The van der Waals surface area contributed by atoms with Gasteiger partial charge >= 0.3 is 12.1 Å². The highest BCUT2D eigenvalue weighted by atomic mass is 16.8. The van der Waals surface area contributed by atoms with Crippen LogP contribution >= 0.6 is 0 Å². The van der Waals surface area contributed by atoms with Gasteiger partial charge in [-0.1, -0.05) is 97.1 Å². The maximum atomic E-state index is 14.0. The Hall–Kier alpha value is -3.94. The van der Waals surface area contributed by atoms with Gasteiger partial charge in [0.1, 0.15) is 17.7 Å². The minimum Gasteiger partial charge on any atom is -0.454 e. The highest BCUT2D eigenvalue weighted by Gasteiger charge is 2.58. The van der Waals surface area contributed by atoms with Crippen molar-refractivity contribution in [1.29, 1.82) is 0 Å². The molecule has 0 bridgehead atoms. The summed E-state index contributed by atoms with van der Waals surface area (Å²) in [7, 11) is 0. The molecule has 0 aromatic heterocycles. The SMILES string of the molecule is C=CC[C@]1(COCc2ccccc2)C(=O)O[C@H](c2ccccc2)[C@H](c2ccccc2)N1OC(=O)OC(C)(C)C. The second-order valence-electron chi connectivity index (χ2n) is 10.5. The standard InChI is InChI=1S/C32H35NO6/c1-5-21-32(23-36-22-24-15-9-6-10-16-24)29(34)37-28(26-19-13-8-14-20-26)27(25-17-11-7-12-18-25)33(32)39-30(35)38-31(2,3)4/h5-20,27-28H,1,21-23H2,2-4H3/t27-,28+,32-/m0/s1. The molecular formula is C32H35NO6. The van der Waals surface area contributed by atoms with Crippen molar-refractivity contribution >= 4 is 12.1 Å². The molecule has 4 rings (SSSR count). The van der Waals surface area contributed by atoms with Crippen LogP contribution in [0.3, 0.4) is 0 Å². The van der Waals surface area contributed by atoms with Crippen molar-refractivity contribution in [3.05, 3.63) is 120 Å². The summed E-state index contributed by atoms with van der Waals surface area (Å²) in [5.41, 5.74) is 0.170. The van der Waals surface area contributed by atoms with Gasteiger partial charge in [-0.05, 0) is 43.9 Å². The van der Waals surface area contributed by atoms with E-state index in [1.54, 1.807) is 26.8 Å². The summed E-state index contributed by atoms with van der Waals surface area (Å²) in [6.45, 7) is 9.28. The summed E-state index contributed by atoms with van der Waals surface area (Å²) >= 11 is 0. The first kappa shape index (κ1) is 28.1. The predicted molar refractivity (Wildman–Crippen MR) is 147 cm³/mol. The molecule has 0 radical (unpaired) electrons. The number of morpholine rings is 1. The number of esters is 1. The fraction of sp³-hybridized carbons (Fsp3) is 0.312. The van der Waals surface area contributed by atoms with Crippen LogP contribution in [0.4, 0.5) is 4.79 Å². The smallest absolute Gasteiger partial charge is 0.454 e.